The molecule has 12 atom stereocenters. The molecule has 6 rings (SSSR count). The summed E-state index contributed by atoms with van der Waals surface area (Å²) in [7, 11) is 0. The van der Waals surface area contributed by atoms with E-state index in [1.165, 1.54) is 11.9 Å². The Kier molecular flexibility index (Phi) is 11.1. The number of amides is 1. The third kappa shape index (κ3) is 6.20. The Labute approximate surface area is 324 Å². The molecule has 1 aromatic heterocycles. The highest BCUT2D eigenvalue weighted by molar-refractivity contribution is 5.90. The number of hydrogen-bond acceptors (Lipinski definition) is 8. The number of nitrogens with zero attached hydrogens (tertiary/aromatic N) is 3. The molecule has 0 unspecified atom stereocenters. The Balaban J connectivity index is 1.49. The van der Waals surface area contributed by atoms with E-state index >= 15 is 0 Å². The minimum Gasteiger partial charge on any atom is -0.481 e. The normalized spacial score (nSPS) is 40.6. The predicted molar refractivity (Wildman–Crippen MR) is 209 cm³/mol. The van der Waals surface area contributed by atoms with Gasteiger partial charge in [-0.05, 0) is 104 Å². The maximum absolute atomic E-state index is 13.7. The topological polar surface area (TPSA) is 151 Å². The highest BCUT2D eigenvalue weighted by Crippen LogP contribution is 2.75. The van der Waals surface area contributed by atoms with Crippen LogP contribution < -0.4 is 11.1 Å². The van der Waals surface area contributed by atoms with E-state index in [1.54, 1.807) is 0 Å². The fourth-order valence-electron chi connectivity index (χ4n) is 12.6. The summed E-state index contributed by atoms with van der Waals surface area (Å²) < 4.78 is 21.3. The molecule has 3 saturated carbocycles. The largest absolute Gasteiger partial charge is 0.481 e. The van der Waals surface area contributed by atoms with Crippen LogP contribution in [-0.2, 0) is 19.0 Å². The molecule has 2 bridgehead atoms. The lowest BCUT2D eigenvalue weighted by Crippen LogP contribution is -2.70. The molecule has 2 heterocycles. The van der Waals surface area contributed by atoms with Gasteiger partial charge >= 0.3 is 5.97 Å². The molecule has 0 spiro atoms. The zero-order valence-corrected chi connectivity index (χ0v) is 35.2. The van der Waals surface area contributed by atoms with Crippen LogP contribution in [0.3, 0.4) is 0 Å². The van der Waals surface area contributed by atoms with Gasteiger partial charge in [-0.1, -0.05) is 74.0 Å². The first-order valence-corrected chi connectivity index (χ1v) is 20.9. The van der Waals surface area contributed by atoms with Crippen molar-refractivity contribution in [3.8, 4) is 0 Å². The van der Waals surface area contributed by atoms with Gasteiger partial charge in [-0.3, -0.25) is 9.59 Å². The van der Waals surface area contributed by atoms with E-state index in [2.05, 4.69) is 85.6 Å². The maximum atomic E-state index is 13.7. The van der Waals surface area contributed by atoms with Crippen molar-refractivity contribution in [1.29, 1.82) is 0 Å². The van der Waals surface area contributed by atoms with Crippen LogP contribution >= 0.6 is 0 Å². The standard InChI is InChI=1S/C43H71N5O6/c1-12-52-20-19-45-36(49)35-46-25-47-48(35)31-21-38(7)22-53-24-43(34(31)54-23-42(11,44)27(4)5)30-15-16-41(10)33(37(50)51)39(8,28(6)26(2)3)17-18-40(41,9)29(30)13-14-32(38)43/h15,25-29,31-34H,12-14,16-24,44H2,1-11H3,(H,45,49)(H,50,51)/t28-,29+,31-,32-,33-,34+,38-,39-,40-,41+,42+,43+/m1/s1. The molecule has 4 aliphatic carbocycles. The first-order chi connectivity index (χ1) is 25.2. The molecule has 1 amide bonds. The van der Waals surface area contributed by atoms with E-state index in [9.17, 15) is 14.7 Å². The number of hydrogen-bond donors (Lipinski definition) is 3. The molecule has 1 aromatic rings. The maximum Gasteiger partial charge on any atom is 0.307 e. The zero-order chi connectivity index (χ0) is 39.6. The summed E-state index contributed by atoms with van der Waals surface area (Å²) in [6.07, 6.45) is 8.80. The van der Waals surface area contributed by atoms with Gasteiger partial charge in [0, 0.05) is 24.1 Å². The molecule has 4 N–H and O–H groups in total. The lowest BCUT2D eigenvalue weighted by Gasteiger charge is -2.71. The van der Waals surface area contributed by atoms with Gasteiger partial charge in [0.1, 0.15) is 6.33 Å². The molecule has 1 saturated heterocycles. The molecule has 11 heteroatoms. The minimum absolute atomic E-state index is 0.162. The van der Waals surface area contributed by atoms with Crippen molar-refractivity contribution >= 4 is 11.9 Å². The number of aromatic nitrogens is 3. The van der Waals surface area contributed by atoms with Crippen molar-refractivity contribution in [3.63, 3.8) is 0 Å². The molecule has 4 fully saturated rings. The molecule has 0 aromatic carbocycles. The quantitative estimate of drug-likeness (QED) is 0.144. The van der Waals surface area contributed by atoms with Crippen LogP contribution in [0, 0.1) is 62.6 Å². The molecular formula is C43H71N5O6. The summed E-state index contributed by atoms with van der Waals surface area (Å²) in [5.74, 6) is 0.0984. The van der Waals surface area contributed by atoms with Crippen LogP contribution in [0.15, 0.2) is 18.0 Å². The average Bonchev–Trinajstić information content (AvgIpc) is 3.59. The molecule has 11 nitrogen and oxygen atoms in total. The lowest BCUT2D eigenvalue weighted by atomic mass is 9.34. The van der Waals surface area contributed by atoms with Gasteiger partial charge in [-0.15, -0.1) is 0 Å². The monoisotopic (exact) mass is 754 g/mol. The second kappa shape index (κ2) is 14.6. The fourth-order valence-corrected chi connectivity index (χ4v) is 12.6. The average molecular weight is 754 g/mol. The fraction of sp³-hybridized carbons (Fsp3) is 0.860. The molecule has 0 radical (unpaired) electrons. The van der Waals surface area contributed by atoms with E-state index < -0.39 is 34.4 Å². The second-order valence-electron chi connectivity index (χ2n) is 20.0. The highest BCUT2D eigenvalue weighted by atomic mass is 16.5. The van der Waals surface area contributed by atoms with Gasteiger partial charge in [0.2, 0.25) is 5.82 Å². The van der Waals surface area contributed by atoms with Gasteiger partial charge in [0.15, 0.2) is 0 Å². The Bertz CT molecular complexity index is 1590. The lowest BCUT2D eigenvalue weighted by molar-refractivity contribution is -0.254. The van der Waals surface area contributed by atoms with Crippen LogP contribution in [0.1, 0.15) is 131 Å². The smallest absolute Gasteiger partial charge is 0.307 e. The first-order valence-electron chi connectivity index (χ1n) is 20.9. The number of carbonyl (C=O) groups excluding carboxylic acids is 1. The van der Waals surface area contributed by atoms with Crippen LogP contribution in [0.25, 0.3) is 0 Å². The number of allylic oxidation sites excluding steroid dienone is 1. The van der Waals surface area contributed by atoms with E-state index in [0.717, 1.165) is 32.1 Å². The van der Waals surface area contributed by atoms with E-state index in [-0.39, 0.29) is 57.7 Å². The Hall–Kier alpha value is -2.34. The van der Waals surface area contributed by atoms with Gasteiger partial charge in [0.05, 0.1) is 44.5 Å². The number of ether oxygens (including phenoxy) is 3. The summed E-state index contributed by atoms with van der Waals surface area (Å²) in [5.41, 5.74) is 5.99. The van der Waals surface area contributed by atoms with Gasteiger partial charge < -0.3 is 30.4 Å². The Morgan fingerprint density at radius 2 is 1.83 bits per heavy atom. The zero-order valence-electron chi connectivity index (χ0n) is 35.2. The van der Waals surface area contributed by atoms with Gasteiger partial charge in [-0.25, -0.2) is 9.67 Å². The highest BCUT2D eigenvalue weighted by Gasteiger charge is 2.73. The Morgan fingerprint density at radius 1 is 1.11 bits per heavy atom. The van der Waals surface area contributed by atoms with Crippen LogP contribution in [0.4, 0.5) is 0 Å². The van der Waals surface area contributed by atoms with Gasteiger partial charge in [-0.2, -0.15) is 5.10 Å². The van der Waals surface area contributed by atoms with Crippen LogP contribution in [0.2, 0.25) is 0 Å². The Morgan fingerprint density at radius 3 is 2.48 bits per heavy atom. The van der Waals surface area contributed by atoms with Crippen molar-refractivity contribution in [3.05, 3.63) is 23.8 Å². The number of aliphatic carboxylic acids is 1. The third-order valence-corrected chi connectivity index (χ3v) is 16.7. The summed E-state index contributed by atoms with van der Waals surface area (Å²) in [4.78, 5) is 31.8. The van der Waals surface area contributed by atoms with Crippen molar-refractivity contribution in [2.45, 2.75) is 132 Å². The number of nitrogens with two attached hydrogens (primary N) is 1. The summed E-state index contributed by atoms with van der Waals surface area (Å²) in [6.45, 7) is 27.1. The van der Waals surface area contributed by atoms with Crippen molar-refractivity contribution in [1.82, 2.24) is 20.1 Å². The minimum atomic E-state index is -0.663. The van der Waals surface area contributed by atoms with E-state index in [1.807, 2.05) is 11.6 Å². The number of rotatable bonds is 13. The number of carboxylic acids is 1. The van der Waals surface area contributed by atoms with Crippen molar-refractivity contribution in [2.75, 3.05) is 39.6 Å². The summed E-state index contributed by atoms with van der Waals surface area (Å²) in [5, 5.41) is 18.9. The van der Waals surface area contributed by atoms with Crippen molar-refractivity contribution in [2.24, 2.45) is 68.3 Å². The van der Waals surface area contributed by atoms with E-state index in [4.69, 9.17) is 25.0 Å². The second-order valence-corrected chi connectivity index (χ2v) is 20.0. The SMILES string of the molecule is CCOCCNC(=O)c1ncnn1[C@@H]1C[C@]2(C)COC[C@@]3(C4=CC[C@@]5(C)[C@H](C(=O)O)[C@@](C)([C@H](C)C(C)C)CC[C@]5(C)[C@H]4CC[C@H]23)[C@H]1OC[C@](C)(N)C(C)C. The first kappa shape index (κ1) is 41.3. The molecule has 5 aliphatic rings. The number of carboxylic acid groups (broad SMARTS) is 1. The molecule has 1 aliphatic heterocycles. The number of nitrogens with one attached hydrogen (secondary N) is 1. The molecule has 304 valence electrons. The van der Waals surface area contributed by atoms with Crippen molar-refractivity contribution < 1.29 is 28.9 Å². The molecule has 54 heavy (non-hydrogen) atoms. The van der Waals surface area contributed by atoms with Gasteiger partial charge in [0.25, 0.3) is 5.91 Å². The summed E-state index contributed by atoms with van der Waals surface area (Å²) in [6, 6.07) is -0.303. The molecular weight excluding hydrogens is 683 g/mol. The van der Waals surface area contributed by atoms with Crippen LogP contribution in [-0.4, -0.2) is 83.0 Å². The van der Waals surface area contributed by atoms with Crippen LogP contribution in [0.5, 0.6) is 0 Å². The third-order valence-electron chi connectivity index (χ3n) is 16.7. The predicted octanol–water partition coefficient (Wildman–Crippen LogP) is 6.93. The number of carbonyl (C=O) groups is 2. The summed E-state index contributed by atoms with van der Waals surface area (Å²) >= 11 is 0. The van der Waals surface area contributed by atoms with E-state index in [0.29, 0.717) is 51.9 Å². The number of fused-ring (bicyclic) bond motifs is 3.